The lowest BCUT2D eigenvalue weighted by molar-refractivity contribution is -0.113. The van der Waals surface area contributed by atoms with Crippen molar-refractivity contribution in [1.29, 1.82) is 0 Å². The van der Waals surface area contributed by atoms with Crippen LogP contribution in [-0.2, 0) is 4.79 Å². The zero-order chi connectivity index (χ0) is 21.8. The standard InChI is InChI=1S/C22H20N4O3S2/c1-13-21(24-17-7-5-4-6-16(17)23-13)30-12-20(27)26-22-25-18(11-31-22)15-9-8-14(28-2)10-19(15)29-3/h4-11H,12H2,1-3H3,(H,25,26,27). The molecule has 0 aliphatic rings. The van der Waals surface area contributed by atoms with Gasteiger partial charge in [-0.05, 0) is 31.2 Å². The van der Waals surface area contributed by atoms with E-state index in [0.717, 1.165) is 33.0 Å². The lowest BCUT2D eigenvalue weighted by Crippen LogP contribution is -2.14. The Balaban J connectivity index is 1.42. The van der Waals surface area contributed by atoms with Crippen molar-refractivity contribution < 1.29 is 14.3 Å². The molecule has 4 rings (SSSR count). The Labute approximate surface area is 187 Å². The number of methoxy groups -OCH3 is 2. The number of rotatable bonds is 7. The normalized spacial score (nSPS) is 10.8. The molecule has 158 valence electrons. The van der Waals surface area contributed by atoms with Crippen LogP contribution in [0.5, 0.6) is 11.5 Å². The molecule has 2 heterocycles. The fraction of sp³-hybridized carbons (Fsp3) is 0.182. The van der Waals surface area contributed by atoms with Crippen molar-refractivity contribution in [2.75, 3.05) is 25.3 Å². The quantitative estimate of drug-likeness (QED) is 0.403. The van der Waals surface area contributed by atoms with Gasteiger partial charge in [0.1, 0.15) is 16.5 Å². The van der Waals surface area contributed by atoms with E-state index in [1.807, 2.05) is 48.7 Å². The molecule has 0 spiro atoms. The third-order valence-corrected chi connectivity index (χ3v) is 6.30. The summed E-state index contributed by atoms with van der Waals surface area (Å²) in [6, 6.07) is 13.2. The SMILES string of the molecule is COc1ccc(-c2csc(NC(=O)CSc3nc4ccccc4nc3C)n2)c(OC)c1. The summed E-state index contributed by atoms with van der Waals surface area (Å²) in [4.78, 5) is 26.2. The molecule has 0 aliphatic carbocycles. The van der Waals surface area contributed by atoms with Gasteiger partial charge in [-0.3, -0.25) is 4.79 Å². The van der Waals surface area contributed by atoms with Crippen LogP contribution in [0.15, 0.2) is 52.9 Å². The van der Waals surface area contributed by atoms with Crippen LogP contribution < -0.4 is 14.8 Å². The van der Waals surface area contributed by atoms with Crippen molar-refractivity contribution >= 4 is 45.2 Å². The Kier molecular flexibility index (Phi) is 6.34. The molecule has 2 aromatic heterocycles. The highest BCUT2D eigenvalue weighted by molar-refractivity contribution is 8.00. The molecule has 0 atom stereocenters. The first kappa shape index (κ1) is 21.1. The van der Waals surface area contributed by atoms with E-state index in [1.165, 1.54) is 23.1 Å². The fourth-order valence-corrected chi connectivity index (χ4v) is 4.45. The topological polar surface area (TPSA) is 86.2 Å². The van der Waals surface area contributed by atoms with Gasteiger partial charge in [0.2, 0.25) is 5.91 Å². The van der Waals surface area contributed by atoms with Crippen molar-refractivity contribution in [2.24, 2.45) is 0 Å². The number of anilines is 1. The van der Waals surface area contributed by atoms with Crippen LogP contribution in [0.3, 0.4) is 0 Å². The Morgan fingerprint density at radius 1 is 1.06 bits per heavy atom. The summed E-state index contributed by atoms with van der Waals surface area (Å²) >= 11 is 2.72. The molecule has 1 N–H and O–H groups in total. The van der Waals surface area contributed by atoms with Crippen molar-refractivity contribution in [3.8, 4) is 22.8 Å². The van der Waals surface area contributed by atoms with E-state index in [0.29, 0.717) is 16.6 Å². The number of nitrogens with zero attached hydrogens (tertiary/aromatic N) is 3. The monoisotopic (exact) mass is 452 g/mol. The number of benzene rings is 2. The maximum atomic E-state index is 12.5. The second kappa shape index (κ2) is 9.32. The molecule has 1 amide bonds. The lowest BCUT2D eigenvalue weighted by Gasteiger charge is -2.08. The number of carbonyl (C=O) groups is 1. The third kappa shape index (κ3) is 4.78. The van der Waals surface area contributed by atoms with E-state index in [1.54, 1.807) is 20.3 Å². The summed E-state index contributed by atoms with van der Waals surface area (Å²) < 4.78 is 10.7. The van der Waals surface area contributed by atoms with Crippen molar-refractivity contribution in [3.05, 3.63) is 53.5 Å². The number of nitrogens with one attached hydrogen (secondary N) is 1. The number of thioether (sulfide) groups is 1. The molecule has 0 unspecified atom stereocenters. The first-order valence-corrected chi connectivity index (χ1v) is 11.3. The molecule has 7 nitrogen and oxygen atoms in total. The van der Waals surface area contributed by atoms with Crippen LogP contribution in [0, 0.1) is 6.92 Å². The number of para-hydroxylation sites is 2. The van der Waals surface area contributed by atoms with Gasteiger partial charge in [-0.25, -0.2) is 15.0 Å². The summed E-state index contributed by atoms with van der Waals surface area (Å²) in [6.07, 6.45) is 0. The summed E-state index contributed by atoms with van der Waals surface area (Å²) in [6.45, 7) is 1.90. The predicted molar refractivity (Wildman–Crippen MR) is 124 cm³/mol. The minimum atomic E-state index is -0.151. The maximum Gasteiger partial charge on any atom is 0.236 e. The minimum absolute atomic E-state index is 0.151. The second-order valence-corrected chi connectivity index (χ2v) is 8.37. The molecule has 0 aliphatic heterocycles. The molecule has 31 heavy (non-hydrogen) atoms. The molecule has 0 saturated heterocycles. The number of ether oxygens (including phenoxy) is 2. The van der Waals surface area contributed by atoms with Gasteiger partial charge in [0.25, 0.3) is 0 Å². The van der Waals surface area contributed by atoms with E-state index in [9.17, 15) is 4.79 Å². The van der Waals surface area contributed by atoms with Crippen LogP contribution in [0.1, 0.15) is 5.69 Å². The van der Waals surface area contributed by atoms with E-state index < -0.39 is 0 Å². The number of aromatic nitrogens is 3. The molecule has 0 fully saturated rings. The zero-order valence-electron chi connectivity index (χ0n) is 17.2. The summed E-state index contributed by atoms with van der Waals surface area (Å²) in [5.41, 5.74) is 4.02. The van der Waals surface area contributed by atoms with Crippen molar-refractivity contribution in [2.45, 2.75) is 11.9 Å². The highest BCUT2D eigenvalue weighted by Crippen LogP contribution is 2.35. The molecule has 0 saturated carbocycles. The van der Waals surface area contributed by atoms with Crippen LogP contribution in [-0.4, -0.2) is 40.8 Å². The smallest absolute Gasteiger partial charge is 0.236 e. The molecule has 4 aromatic rings. The van der Waals surface area contributed by atoms with E-state index in [4.69, 9.17) is 9.47 Å². The van der Waals surface area contributed by atoms with Gasteiger partial charge in [-0.1, -0.05) is 23.9 Å². The van der Waals surface area contributed by atoms with Gasteiger partial charge in [0.05, 0.1) is 42.4 Å². The lowest BCUT2D eigenvalue weighted by atomic mass is 10.1. The number of aryl methyl sites for hydroxylation is 1. The van der Waals surface area contributed by atoms with Crippen molar-refractivity contribution in [3.63, 3.8) is 0 Å². The Morgan fingerprint density at radius 3 is 2.58 bits per heavy atom. The number of amides is 1. The summed E-state index contributed by atoms with van der Waals surface area (Å²) in [7, 11) is 3.20. The summed E-state index contributed by atoms with van der Waals surface area (Å²) in [5, 5.41) is 6.01. The first-order valence-electron chi connectivity index (χ1n) is 9.41. The van der Waals surface area contributed by atoms with Gasteiger partial charge in [-0.2, -0.15) is 0 Å². The molecule has 2 aromatic carbocycles. The fourth-order valence-electron chi connectivity index (χ4n) is 2.96. The van der Waals surface area contributed by atoms with Gasteiger partial charge in [-0.15, -0.1) is 11.3 Å². The molecular formula is C22H20N4O3S2. The number of fused-ring (bicyclic) bond motifs is 1. The Hall–Kier alpha value is -3.17. The molecular weight excluding hydrogens is 432 g/mol. The van der Waals surface area contributed by atoms with Crippen LogP contribution in [0.25, 0.3) is 22.3 Å². The number of hydrogen-bond donors (Lipinski definition) is 1. The zero-order valence-corrected chi connectivity index (χ0v) is 18.8. The van der Waals surface area contributed by atoms with Crippen LogP contribution in [0.4, 0.5) is 5.13 Å². The first-order chi connectivity index (χ1) is 15.1. The maximum absolute atomic E-state index is 12.5. The van der Waals surface area contributed by atoms with E-state index in [2.05, 4.69) is 20.3 Å². The van der Waals surface area contributed by atoms with E-state index in [-0.39, 0.29) is 11.7 Å². The van der Waals surface area contributed by atoms with Gasteiger partial charge in [0, 0.05) is 17.0 Å². The number of hydrogen-bond acceptors (Lipinski definition) is 8. The number of thiazole rings is 1. The van der Waals surface area contributed by atoms with Crippen LogP contribution >= 0.6 is 23.1 Å². The van der Waals surface area contributed by atoms with Crippen LogP contribution in [0.2, 0.25) is 0 Å². The largest absolute Gasteiger partial charge is 0.497 e. The Bertz CT molecular complexity index is 1240. The highest BCUT2D eigenvalue weighted by Gasteiger charge is 2.14. The molecule has 0 radical (unpaired) electrons. The molecule has 0 bridgehead atoms. The van der Waals surface area contributed by atoms with Crippen molar-refractivity contribution in [1.82, 2.24) is 15.0 Å². The second-order valence-electron chi connectivity index (χ2n) is 6.54. The highest BCUT2D eigenvalue weighted by atomic mass is 32.2. The molecule has 9 heteroatoms. The van der Waals surface area contributed by atoms with Gasteiger partial charge < -0.3 is 14.8 Å². The predicted octanol–water partition coefficient (Wildman–Crippen LogP) is 4.81. The minimum Gasteiger partial charge on any atom is -0.497 e. The average molecular weight is 453 g/mol. The van der Waals surface area contributed by atoms with Gasteiger partial charge >= 0.3 is 0 Å². The summed E-state index contributed by atoms with van der Waals surface area (Å²) in [5.74, 6) is 1.42. The third-order valence-electron chi connectivity index (χ3n) is 4.48. The Morgan fingerprint density at radius 2 is 1.84 bits per heavy atom. The number of carbonyl (C=O) groups excluding carboxylic acids is 1. The van der Waals surface area contributed by atoms with Gasteiger partial charge in [0.15, 0.2) is 5.13 Å². The van der Waals surface area contributed by atoms with E-state index >= 15 is 0 Å². The average Bonchev–Trinajstić information content (AvgIpc) is 3.25.